The Hall–Kier alpha value is -1.88. The molecule has 0 radical (unpaired) electrons. The number of ether oxygens (including phenoxy) is 1. The van der Waals surface area contributed by atoms with Gasteiger partial charge in [0.2, 0.25) is 0 Å². The monoisotopic (exact) mass is 220 g/mol. The van der Waals surface area contributed by atoms with E-state index < -0.39 is 0 Å². The lowest BCUT2D eigenvalue weighted by molar-refractivity contribution is 0.147. The Bertz CT molecular complexity index is 375. The van der Waals surface area contributed by atoms with E-state index in [1.807, 2.05) is 19.1 Å². The molecular formula is C11H16N4O. The van der Waals surface area contributed by atoms with Crippen LogP contribution >= 0.6 is 0 Å². The maximum atomic E-state index is 7.15. The molecule has 0 aliphatic heterocycles. The fourth-order valence-corrected chi connectivity index (χ4v) is 1.20. The fourth-order valence-electron chi connectivity index (χ4n) is 1.20. The summed E-state index contributed by atoms with van der Waals surface area (Å²) in [4.78, 5) is 3.98. The molecule has 0 aromatic carbocycles. The molecule has 16 heavy (non-hydrogen) atoms. The van der Waals surface area contributed by atoms with Gasteiger partial charge in [0.15, 0.2) is 0 Å². The molecule has 0 aliphatic rings. The highest BCUT2D eigenvalue weighted by Gasteiger charge is 2.11. The number of allylic oxidation sites excluding steroid dienone is 1. The van der Waals surface area contributed by atoms with Crippen LogP contribution in [-0.2, 0) is 4.74 Å². The molecule has 0 amide bonds. The van der Waals surface area contributed by atoms with E-state index in [2.05, 4.69) is 10.3 Å². The van der Waals surface area contributed by atoms with E-state index in [9.17, 15) is 0 Å². The van der Waals surface area contributed by atoms with E-state index in [1.165, 1.54) is 0 Å². The summed E-state index contributed by atoms with van der Waals surface area (Å²) >= 11 is 0. The predicted octanol–water partition coefficient (Wildman–Crippen LogP) is 1.35. The van der Waals surface area contributed by atoms with Crippen LogP contribution in [0.15, 0.2) is 35.9 Å². The average Bonchev–Trinajstić information content (AvgIpc) is 2.35. The molecule has 0 saturated carbocycles. The molecule has 86 valence electrons. The van der Waals surface area contributed by atoms with Gasteiger partial charge in [-0.15, -0.1) is 0 Å². The summed E-state index contributed by atoms with van der Waals surface area (Å²) < 4.78 is 5.18. The normalized spacial score (nSPS) is 13.9. The van der Waals surface area contributed by atoms with Gasteiger partial charge in [-0.25, -0.2) is 0 Å². The molecule has 5 nitrogen and oxygen atoms in total. The smallest absolute Gasteiger partial charge is 0.0962 e. The number of anilines is 1. The van der Waals surface area contributed by atoms with E-state index in [-0.39, 0.29) is 6.10 Å². The SMILES string of the molecule is COC(C)/C(Nc1cccnc1)=C(\N)C=N. The molecule has 4 N–H and O–H groups in total. The predicted molar refractivity (Wildman–Crippen MR) is 64.3 cm³/mol. The van der Waals surface area contributed by atoms with Crippen molar-refractivity contribution in [2.75, 3.05) is 12.4 Å². The van der Waals surface area contributed by atoms with Crippen molar-refractivity contribution >= 4 is 11.9 Å². The van der Waals surface area contributed by atoms with E-state index in [0.29, 0.717) is 11.4 Å². The maximum Gasteiger partial charge on any atom is 0.0962 e. The second-order valence-electron chi connectivity index (χ2n) is 3.26. The first-order valence-electron chi connectivity index (χ1n) is 4.89. The molecule has 5 heteroatoms. The molecule has 1 aromatic heterocycles. The van der Waals surface area contributed by atoms with Gasteiger partial charge >= 0.3 is 0 Å². The van der Waals surface area contributed by atoms with E-state index >= 15 is 0 Å². The topological polar surface area (TPSA) is 84.0 Å². The van der Waals surface area contributed by atoms with Crippen LogP contribution in [-0.4, -0.2) is 24.4 Å². The highest BCUT2D eigenvalue weighted by molar-refractivity contribution is 5.77. The van der Waals surface area contributed by atoms with Crippen molar-refractivity contribution in [2.45, 2.75) is 13.0 Å². The molecule has 1 unspecified atom stereocenters. The van der Waals surface area contributed by atoms with Crippen molar-refractivity contribution in [2.24, 2.45) is 5.73 Å². The lowest BCUT2D eigenvalue weighted by atomic mass is 10.2. The van der Waals surface area contributed by atoms with E-state index in [0.717, 1.165) is 11.9 Å². The van der Waals surface area contributed by atoms with Crippen molar-refractivity contribution in [1.82, 2.24) is 4.98 Å². The molecule has 0 fully saturated rings. The summed E-state index contributed by atoms with van der Waals surface area (Å²) in [5.74, 6) is 0. The number of pyridine rings is 1. The first-order chi connectivity index (χ1) is 7.69. The maximum absolute atomic E-state index is 7.15. The van der Waals surface area contributed by atoms with Crippen molar-refractivity contribution < 1.29 is 4.74 Å². The van der Waals surface area contributed by atoms with Crippen molar-refractivity contribution in [1.29, 1.82) is 5.41 Å². The van der Waals surface area contributed by atoms with Gasteiger partial charge in [0.1, 0.15) is 0 Å². The van der Waals surface area contributed by atoms with Crippen LogP contribution in [0, 0.1) is 5.41 Å². The summed E-state index contributed by atoms with van der Waals surface area (Å²) in [7, 11) is 1.59. The minimum Gasteiger partial charge on any atom is -0.396 e. The highest BCUT2D eigenvalue weighted by atomic mass is 16.5. The molecule has 0 aliphatic carbocycles. The first kappa shape index (κ1) is 12.2. The number of hydrogen-bond donors (Lipinski definition) is 3. The zero-order chi connectivity index (χ0) is 12.0. The second-order valence-corrected chi connectivity index (χ2v) is 3.26. The lowest BCUT2D eigenvalue weighted by Gasteiger charge is -2.18. The molecule has 1 rings (SSSR count). The Morgan fingerprint density at radius 1 is 1.69 bits per heavy atom. The summed E-state index contributed by atoms with van der Waals surface area (Å²) in [5.41, 5.74) is 7.53. The third kappa shape index (κ3) is 3.06. The minimum absolute atomic E-state index is 0.207. The molecule has 0 bridgehead atoms. The van der Waals surface area contributed by atoms with Gasteiger partial charge in [0.05, 0.1) is 29.4 Å². The number of aromatic nitrogens is 1. The first-order valence-corrected chi connectivity index (χ1v) is 4.89. The van der Waals surface area contributed by atoms with Gasteiger partial charge in [-0.1, -0.05) is 0 Å². The Kier molecular flexibility index (Phi) is 4.47. The van der Waals surface area contributed by atoms with Gasteiger partial charge < -0.3 is 21.2 Å². The molecule has 1 atom stereocenters. The fraction of sp³-hybridized carbons (Fsp3) is 0.273. The lowest BCUT2D eigenvalue weighted by Crippen LogP contribution is -2.22. The average molecular weight is 220 g/mol. The number of methoxy groups -OCH3 is 1. The minimum atomic E-state index is -0.207. The summed E-state index contributed by atoms with van der Waals surface area (Å²) in [6, 6.07) is 3.69. The van der Waals surface area contributed by atoms with Crippen LogP contribution in [0.1, 0.15) is 6.92 Å². The van der Waals surface area contributed by atoms with Gasteiger partial charge in [0, 0.05) is 19.5 Å². The van der Waals surface area contributed by atoms with Crippen LogP contribution < -0.4 is 11.1 Å². The zero-order valence-corrected chi connectivity index (χ0v) is 9.40. The standard InChI is InChI=1S/C11H16N4O/c1-8(16-2)11(10(13)6-12)15-9-4-3-5-14-7-9/h3-8,12,15H,13H2,1-2H3/b11-10+,12-6?. The quantitative estimate of drug-likeness (QED) is 0.654. The molecular weight excluding hydrogens is 204 g/mol. The van der Waals surface area contributed by atoms with Gasteiger partial charge in [-0.3, -0.25) is 4.98 Å². The third-order valence-corrected chi connectivity index (χ3v) is 2.17. The summed E-state index contributed by atoms with van der Waals surface area (Å²) in [5, 5.41) is 10.3. The number of rotatable bonds is 5. The second kappa shape index (κ2) is 5.87. The Morgan fingerprint density at radius 3 is 2.94 bits per heavy atom. The van der Waals surface area contributed by atoms with Gasteiger partial charge in [0.25, 0.3) is 0 Å². The number of hydrogen-bond acceptors (Lipinski definition) is 5. The molecule has 1 aromatic rings. The van der Waals surface area contributed by atoms with Crippen molar-refractivity contribution in [3.63, 3.8) is 0 Å². The summed E-state index contributed by atoms with van der Waals surface area (Å²) in [6.07, 6.45) is 4.25. The number of nitrogens with one attached hydrogen (secondary N) is 2. The van der Waals surface area contributed by atoms with Crippen molar-refractivity contribution in [3.05, 3.63) is 35.9 Å². The van der Waals surface area contributed by atoms with Crippen molar-refractivity contribution in [3.8, 4) is 0 Å². The zero-order valence-electron chi connectivity index (χ0n) is 9.40. The van der Waals surface area contributed by atoms with Gasteiger partial charge in [-0.05, 0) is 19.1 Å². The van der Waals surface area contributed by atoms with Crippen LogP contribution in [0.25, 0.3) is 0 Å². The number of nitrogens with zero attached hydrogens (tertiary/aromatic N) is 1. The molecule has 0 spiro atoms. The molecule has 0 saturated heterocycles. The molecule has 1 heterocycles. The van der Waals surface area contributed by atoms with Crippen LogP contribution in [0.4, 0.5) is 5.69 Å². The van der Waals surface area contributed by atoms with Crippen LogP contribution in [0.2, 0.25) is 0 Å². The van der Waals surface area contributed by atoms with Crippen LogP contribution in [0.5, 0.6) is 0 Å². The Morgan fingerprint density at radius 2 is 2.44 bits per heavy atom. The van der Waals surface area contributed by atoms with E-state index in [1.54, 1.807) is 19.5 Å². The largest absolute Gasteiger partial charge is 0.396 e. The Balaban J connectivity index is 2.93. The van der Waals surface area contributed by atoms with E-state index in [4.69, 9.17) is 15.9 Å². The van der Waals surface area contributed by atoms with Gasteiger partial charge in [-0.2, -0.15) is 0 Å². The van der Waals surface area contributed by atoms with Crippen LogP contribution in [0.3, 0.4) is 0 Å². The number of nitrogens with two attached hydrogens (primary N) is 1. The third-order valence-electron chi connectivity index (χ3n) is 2.17. The Labute approximate surface area is 94.8 Å². The highest BCUT2D eigenvalue weighted by Crippen LogP contribution is 2.13. The summed E-state index contributed by atoms with van der Waals surface area (Å²) in [6.45, 7) is 1.86.